The molecule has 0 aromatic heterocycles. The highest BCUT2D eigenvalue weighted by Gasteiger charge is 2.17. The minimum absolute atomic E-state index is 0.166. The van der Waals surface area contributed by atoms with Crippen LogP contribution in [0.4, 0.5) is 0 Å². The Morgan fingerprint density at radius 1 is 1.44 bits per heavy atom. The van der Waals surface area contributed by atoms with Crippen LogP contribution in [0.2, 0.25) is 0 Å². The SMILES string of the molecule is CCOC(=O)C(N)Cc1cc(C(C)C)ccc1O. The van der Waals surface area contributed by atoms with Gasteiger partial charge in [-0.2, -0.15) is 0 Å². The van der Waals surface area contributed by atoms with Crippen LogP contribution in [-0.2, 0) is 16.0 Å². The molecule has 100 valence electrons. The molecule has 0 spiro atoms. The monoisotopic (exact) mass is 251 g/mol. The molecule has 0 fully saturated rings. The number of benzene rings is 1. The van der Waals surface area contributed by atoms with Crippen molar-refractivity contribution in [3.63, 3.8) is 0 Å². The average Bonchev–Trinajstić information content (AvgIpc) is 2.31. The van der Waals surface area contributed by atoms with Gasteiger partial charge in [-0.15, -0.1) is 0 Å². The molecule has 1 atom stereocenters. The van der Waals surface area contributed by atoms with Crippen molar-refractivity contribution in [2.45, 2.75) is 39.2 Å². The number of rotatable bonds is 5. The number of hydrogen-bond acceptors (Lipinski definition) is 4. The van der Waals surface area contributed by atoms with Gasteiger partial charge in [0, 0.05) is 6.42 Å². The summed E-state index contributed by atoms with van der Waals surface area (Å²) in [5, 5.41) is 9.77. The highest BCUT2D eigenvalue weighted by atomic mass is 16.5. The number of ether oxygens (including phenoxy) is 1. The van der Waals surface area contributed by atoms with Crippen molar-refractivity contribution in [1.82, 2.24) is 0 Å². The van der Waals surface area contributed by atoms with Gasteiger partial charge in [0.1, 0.15) is 11.8 Å². The molecule has 0 aliphatic heterocycles. The number of phenols is 1. The van der Waals surface area contributed by atoms with Crippen LogP contribution in [0.3, 0.4) is 0 Å². The summed E-state index contributed by atoms with van der Waals surface area (Å²) in [5.74, 6) is 0.0918. The smallest absolute Gasteiger partial charge is 0.323 e. The first-order valence-corrected chi connectivity index (χ1v) is 6.19. The van der Waals surface area contributed by atoms with E-state index in [1.165, 1.54) is 0 Å². The van der Waals surface area contributed by atoms with Crippen LogP contribution < -0.4 is 5.73 Å². The Labute approximate surface area is 108 Å². The molecule has 1 rings (SSSR count). The molecule has 1 unspecified atom stereocenters. The Bertz CT molecular complexity index is 416. The fourth-order valence-corrected chi connectivity index (χ4v) is 1.70. The van der Waals surface area contributed by atoms with E-state index in [0.29, 0.717) is 18.1 Å². The number of phenolic OH excluding ortho intramolecular Hbond substituents is 1. The van der Waals surface area contributed by atoms with Crippen LogP contribution in [0.1, 0.15) is 37.8 Å². The van der Waals surface area contributed by atoms with E-state index in [2.05, 4.69) is 13.8 Å². The predicted molar refractivity (Wildman–Crippen MR) is 70.5 cm³/mol. The summed E-state index contributed by atoms with van der Waals surface area (Å²) in [5.41, 5.74) is 7.54. The van der Waals surface area contributed by atoms with E-state index in [0.717, 1.165) is 5.56 Å². The standard InChI is InChI=1S/C14H21NO3/c1-4-18-14(17)12(15)8-11-7-10(9(2)3)5-6-13(11)16/h5-7,9,12,16H,4,8,15H2,1-3H3. The van der Waals surface area contributed by atoms with Gasteiger partial charge in [-0.3, -0.25) is 4.79 Å². The van der Waals surface area contributed by atoms with Gasteiger partial charge in [0.05, 0.1) is 6.61 Å². The molecule has 4 heteroatoms. The molecule has 18 heavy (non-hydrogen) atoms. The fourth-order valence-electron chi connectivity index (χ4n) is 1.70. The summed E-state index contributed by atoms with van der Waals surface area (Å²) >= 11 is 0. The number of nitrogens with two attached hydrogens (primary N) is 1. The van der Waals surface area contributed by atoms with Crippen LogP contribution in [0.15, 0.2) is 18.2 Å². The van der Waals surface area contributed by atoms with Crippen LogP contribution in [0, 0.1) is 0 Å². The van der Waals surface area contributed by atoms with Gasteiger partial charge in [-0.25, -0.2) is 0 Å². The zero-order valence-electron chi connectivity index (χ0n) is 11.1. The molecular formula is C14H21NO3. The van der Waals surface area contributed by atoms with Gasteiger partial charge < -0.3 is 15.6 Å². The first kappa shape index (κ1) is 14.5. The Hall–Kier alpha value is -1.55. The van der Waals surface area contributed by atoms with Gasteiger partial charge in [-0.05, 0) is 30.0 Å². The Morgan fingerprint density at radius 3 is 2.67 bits per heavy atom. The van der Waals surface area contributed by atoms with Crippen molar-refractivity contribution >= 4 is 5.97 Å². The summed E-state index contributed by atoms with van der Waals surface area (Å²) in [7, 11) is 0. The third-order valence-corrected chi connectivity index (χ3v) is 2.80. The number of carbonyl (C=O) groups is 1. The van der Waals surface area contributed by atoms with E-state index in [-0.39, 0.29) is 12.2 Å². The lowest BCUT2D eigenvalue weighted by Gasteiger charge is -2.14. The lowest BCUT2D eigenvalue weighted by molar-refractivity contribution is -0.144. The minimum Gasteiger partial charge on any atom is -0.508 e. The van der Waals surface area contributed by atoms with Crippen LogP contribution in [-0.4, -0.2) is 23.7 Å². The first-order valence-electron chi connectivity index (χ1n) is 6.19. The molecule has 0 radical (unpaired) electrons. The van der Waals surface area contributed by atoms with E-state index in [4.69, 9.17) is 10.5 Å². The molecule has 1 aromatic rings. The van der Waals surface area contributed by atoms with Crippen molar-refractivity contribution < 1.29 is 14.6 Å². The molecule has 0 heterocycles. The summed E-state index contributed by atoms with van der Waals surface area (Å²) in [4.78, 5) is 11.4. The quantitative estimate of drug-likeness (QED) is 0.784. The summed E-state index contributed by atoms with van der Waals surface area (Å²) < 4.78 is 4.85. The maximum atomic E-state index is 11.4. The van der Waals surface area contributed by atoms with Crippen LogP contribution >= 0.6 is 0 Å². The lowest BCUT2D eigenvalue weighted by atomic mass is 9.97. The molecular weight excluding hydrogens is 230 g/mol. The van der Waals surface area contributed by atoms with Crippen molar-refractivity contribution in [1.29, 1.82) is 0 Å². The van der Waals surface area contributed by atoms with Crippen molar-refractivity contribution in [3.05, 3.63) is 29.3 Å². The zero-order chi connectivity index (χ0) is 13.7. The van der Waals surface area contributed by atoms with Crippen molar-refractivity contribution in [2.24, 2.45) is 5.73 Å². The minimum atomic E-state index is -0.738. The normalized spacial score (nSPS) is 12.5. The average molecular weight is 251 g/mol. The van der Waals surface area contributed by atoms with Crippen LogP contribution in [0.25, 0.3) is 0 Å². The molecule has 0 amide bonds. The van der Waals surface area contributed by atoms with Gasteiger partial charge in [0.2, 0.25) is 0 Å². The molecule has 0 aliphatic rings. The predicted octanol–water partition coefficient (Wildman–Crippen LogP) is 1.95. The zero-order valence-corrected chi connectivity index (χ0v) is 11.1. The van der Waals surface area contributed by atoms with Crippen molar-refractivity contribution in [2.75, 3.05) is 6.61 Å². The van der Waals surface area contributed by atoms with E-state index in [9.17, 15) is 9.90 Å². The molecule has 1 aromatic carbocycles. The second-order valence-corrected chi connectivity index (χ2v) is 4.61. The Balaban J connectivity index is 2.83. The Kier molecular flexibility index (Phi) is 5.16. The van der Waals surface area contributed by atoms with Crippen LogP contribution in [0.5, 0.6) is 5.75 Å². The number of hydrogen-bond donors (Lipinski definition) is 2. The van der Waals surface area contributed by atoms with Gasteiger partial charge >= 0.3 is 5.97 Å². The maximum Gasteiger partial charge on any atom is 0.323 e. The van der Waals surface area contributed by atoms with E-state index < -0.39 is 12.0 Å². The largest absolute Gasteiger partial charge is 0.508 e. The topological polar surface area (TPSA) is 72.5 Å². The summed E-state index contributed by atoms with van der Waals surface area (Å²) in [6, 6.07) is 4.67. The third kappa shape index (κ3) is 3.74. The highest BCUT2D eigenvalue weighted by molar-refractivity contribution is 5.76. The molecule has 4 nitrogen and oxygen atoms in total. The summed E-state index contributed by atoms with van der Waals surface area (Å²) in [6.07, 6.45) is 0.283. The van der Waals surface area contributed by atoms with E-state index in [1.54, 1.807) is 13.0 Å². The molecule has 0 saturated heterocycles. The van der Waals surface area contributed by atoms with Gasteiger partial charge in [-0.1, -0.05) is 26.0 Å². The third-order valence-electron chi connectivity index (χ3n) is 2.80. The molecule has 0 aliphatic carbocycles. The first-order chi connectivity index (χ1) is 8.45. The fraction of sp³-hybridized carbons (Fsp3) is 0.500. The maximum absolute atomic E-state index is 11.4. The number of carbonyl (C=O) groups excluding carboxylic acids is 1. The summed E-state index contributed by atoms with van der Waals surface area (Å²) in [6.45, 7) is 6.19. The van der Waals surface area contributed by atoms with E-state index in [1.807, 2.05) is 12.1 Å². The second-order valence-electron chi connectivity index (χ2n) is 4.61. The highest BCUT2D eigenvalue weighted by Crippen LogP contribution is 2.24. The lowest BCUT2D eigenvalue weighted by Crippen LogP contribution is -2.34. The molecule has 3 N–H and O–H groups in total. The van der Waals surface area contributed by atoms with Gasteiger partial charge in [0.15, 0.2) is 0 Å². The van der Waals surface area contributed by atoms with Crippen molar-refractivity contribution in [3.8, 4) is 5.75 Å². The molecule has 0 saturated carbocycles. The number of esters is 1. The van der Waals surface area contributed by atoms with Gasteiger partial charge in [0.25, 0.3) is 0 Å². The Morgan fingerprint density at radius 2 is 2.11 bits per heavy atom. The second kappa shape index (κ2) is 6.40. The molecule has 0 bridgehead atoms. The number of aromatic hydroxyl groups is 1. The van der Waals surface area contributed by atoms with E-state index >= 15 is 0 Å².